The quantitative estimate of drug-likeness (QED) is 0.177. The van der Waals surface area contributed by atoms with Gasteiger partial charge < -0.3 is 4.42 Å². The third kappa shape index (κ3) is 4.40. The molecule has 9 aromatic carbocycles. The fourth-order valence-electron chi connectivity index (χ4n) is 7.40. The van der Waals surface area contributed by atoms with E-state index < -0.39 is 12.1 Å². The molecular weight excluding hydrogens is 593 g/mol. The van der Waals surface area contributed by atoms with Crippen LogP contribution in [0.3, 0.4) is 0 Å². The number of rotatable bonds is 4. The Kier molecular flexibility index (Phi) is 4.85. The summed E-state index contributed by atoms with van der Waals surface area (Å²) in [6.45, 7) is 0. The van der Waals surface area contributed by atoms with Crippen LogP contribution in [-0.4, -0.2) is 0 Å². The Morgan fingerprint density at radius 2 is 0.959 bits per heavy atom. The van der Waals surface area contributed by atoms with E-state index in [1.807, 2.05) is 84.9 Å². The second-order valence-corrected chi connectivity index (χ2v) is 12.3. The second-order valence-electron chi connectivity index (χ2n) is 12.3. The van der Waals surface area contributed by atoms with Crippen LogP contribution in [0.25, 0.3) is 98.8 Å². The van der Waals surface area contributed by atoms with Gasteiger partial charge in [-0.3, -0.25) is 0 Å². The van der Waals surface area contributed by atoms with Crippen molar-refractivity contribution in [1.82, 2.24) is 0 Å². The highest BCUT2D eigenvalue weighted by Gasteiger charge is 2.19. The second kappa shape index (κ2) is 11.1. The molecule has 10 rings (SSSR count). The van der Waals surface area contributed by atoms with Crippen LogP contribution in [0, 0.1) is 0 Å². The molecule has 0 spiro atoms. The lowest BCUT2D eigenvalue weighted by Gasteiger charge is -2.19. The molecule has 10 aromatic rings. The first-order valence-corrected chi connectivity index (χ1v) is 16.3. The predicted molar refractivity (Wildman–Crippen MR) is 208 cm³/mol. The Hall–Kier alpha value is -6.44. The molecule has 0 aliphatic rings. The van der Waals surface area contributed by atoms with Crippen molar-refractivity contribution < 1.29 is 14.0 Å². The summed E-state index contributed by atoms with van der Waals surface area (Å²) in [5, 5.41) is 5.49. The van der Waals surface area contributed by atoms with Gasteiger partial charge >= 0.3 is 0 Å². The molecule has 0 aliphatic heterocycles. The topological polar surface area (TPSA) is 13.1 Å². The highest BCUT2D eigenvalue weighted by Crippen LogP contribution is 2.46. The number of furan rings is 1. The van der Waals surface area contributed by atoms with Gasteiger partial charge in [0.05, 0.1) is 9.60 Å². The van der Waals surface area contributed by atoms with Crippen LogP contribution >= 0.6 is 0 Å². The van der Waals surface area contributed by atoms with Gasteiger partial charge in [-0.1, -0.05) is 164 Å². The molecule has 228 valence electrons. The zero-order chi connectivity index (χ0) is 38.4. The zero-order valence-corrected chi connectivity index (χ0v) is 26.2. The Morgan fingerprint density at radius 3 is 1.69 bits per heavy atom. The van der Waals surface area contributed by atoms with Gasteiger partial charge in [-0.05, 0) is 95.0 Å². The summed E-state index contributed by atoms with van der Waals surface area (Å²) in [7, 11) is 0. The van der Waals surface area contributed by atoms with Crippen molar-refractivity contribution in [2.45, 2.75) is 0 Å². The highest BCUT2D eigenvalue weighted by atomic mass is 16.3. The van der Waals surface area contributed by atoms with Crippen LogP contribution in [0.2, 0.25) is 0 Å². The van der Waals surface area contributed by atoms with Gasteiger partial charge in [0.15, 0.2) is 0 Å². The number of hydrogen-bond donors (Lipinski definition) is 0. The van der Waals surface area contributed by atoms with Crippen molar-refractivity contribution in [2.24, 2.45) is 0 Å². The highest BCUT2D eigenvalue weighted by molar-refractivity contribution is 6.23. The minimum absolute atomic E-state index is 0.0592. The molecule has 1 nitrogen and oxygen atoms in total. The molecule has 0 aliphatic carbocycles. The van der Waals surface area contributed by atoms with Crippen molar-refractivity contribution in [3.05, 3.63) is 182 Å². The lowest BCUT2D eigenvalue weighted by atomic mass is 9.84. The van der Waals surface area contributed by atoms with Crippen LogP contribution < -0.4 is 0 Å². The SMILES string of the molecule is [2H]c1c([2H])c([2H])c2c(-c3c4ccccc4c(-c4ccc(-c5cc(-c6ccccc6)c6c(c5)oc5ccccc56)cc4)c4ccccc34)c([2H])c([2H])c([2H])c2c1[2H]. The molecule has 49 heavy (non-hydrogen) atoms. The first kappa shape index (κ1) is 21.4. The molecular formula is C48H30O. The molecule has 0 fully saturated rings. The standard InChI is InChI=1S/C48H30O/c1-2-13-33(14-3-1)43-29-35(30-45-48(43)42-22-10-11-24-44(42)49-45)31-25-27-34(28-26-31)46-38-18-6-8-20-40(38)47(41-21-9-7-19-39(41)46)37-23-12-16-32-15-4-5-17-36(32)37/h1-30H/i4D,5D,12D,15D,16D,17D,23D. The van der Waals surface area contributed by atoms with Gasteiger partial charge in [0.2, 0.25) is 0 Å². The van der Waals surface area contributed by atoms with E-state index in [-0.39, 0.29) is 46.5 Å². The van der Waals surface area contributed by atoms with Gasteiger partial charge in [0, 0.05) is 10.8 Å². The van der Waals surface area contributed by atoms with E-state index in [0.29, 0.717) is 5.56 Å². The van der Waals surface area contributed by atoms with Gasteiger partial charge in [-0.2, -0.15) is 0 Å². The minimum Gasteiger partial charge on any atom is -0.456 e. The summed E-state index contributed by atoms with van der Waals surface area (Å²) in [5.74, 6) is 0. The number of hydrogen-bond acceptors (Lipinski definition) is 1. The molecule has 0 amide bonds. The van der Waals surface area contributed by atoms with Crippen LogP contribution in [0.1, 0.15) is 9.60 Å². The molecule has 0 radical (unpaired) electrons. The lowest BCUT2D eigenvalue weighted by Crippen LogP contribution is -1.91. The Morgan fingerprint density at radius 1 is 0.367 bits per heavy atom. The summed E-state index contributed by atoms with van der Waals surface area (Å²) in [6, 6.07) is 44.3. The van der Waals surface area contributed by atoms with Gasteiger partial charge in [0.25, 0.3) is 0 Å². The third-order valence-corrected chi connectivity index (χ3v) is 9.56. The van der Waals surface area contributed by atoms with E-state index in [1.165, 1.54) is 0 Å². The summed E-state index contributed by atoms with van der Waals surface area (Å²) >= 11 is 0. The maximum atomic E-state index is 9.21. The van der Waals surface area contributed by atoms with E-state index in [9.17, 15) is 1.37 Å². The molecule has 0 saturated carbocycles. The Bertz CT molecular complexity index is 3190. The monoisotopic (exact) mass is 629 g/mol. The lowest BCUT2D eigenvalue weighted by molar-refractivity contribution is 0.669. The summed E-state index contributed by atoms with van der Waals surface area (Å²) < 4.78 is 67.7. The van der Waals surface area contributed by atoms with Crippen molar-refractivity contribution in [2.75, 3.05) is 0 Å². The molecule has 0 unspecified atom stereocenters. The molecule has 0 N–H and O–H groups in total. The normalized spacial score (nSPS) is 13.7. The zero-order valence-electron chi connectivity index (χ0n) is 33.2. The fourth-order valence-corrected chi connectivity index (χ4v) is 7.40. The number of fused-ring (bicyclic) bond motifs is 6. The van der Waals surface area contributed by atoms with E-state index in [4.69, 9.17) is 12.6 Å². The fraction of sp³-hybridized carbons (Fsp3) is 0. The van der Waals surface area contributed by atoms with Gasteiger partial charge in [0.1, 0.15) is 11.2 Å². The maximum absolute atomic E-state index is 9.21. The Balaban J connectivity index is 1.21. The largest absolute Gasteiger partial charge is 0.456 e. The molecule has 0 bridgehead atoms. The van der Waals surface area contributed by atoms with Crippen LogP contribution in [0.4, 0.5) is 0 Å². The van der Waals surface area contributed by atoms with Crippen molar-refractivity contribution >= 4 is 54.3 Å². The van der Waals surface area contributed by atoms with Gasteiger partial charge in [-0.25, -0.2) is 0 Å². The van der Waals surface area contributed by atoms with Crippen LogP contribution in [-0.2, 0) is 0 Å². The van der Waals surface area contributed by atoms with Crippen molar-refractivity contribution in [3.8, 4) is 44.5 Å². The first-order valence-electron chi connectivity index (χ1n) is 19.8. The summed E-state index contributed by atoms with van der Waals surface area (Å²) in [6.07, 6.45) is 0. The van der Waals surface area contributed by atoms with Crippen LogP contribution in [0.5, 0.6) is 0 Å². The molecule has 0 atom stereocenters. The summed E-state index contributed by atoms with van der Waals surface area (Å²) in [5.41, 5.74) is 8.68. The predicted octanol–water partition coefficient (Wildman–Crippen LogP) is 13.7. The molecule has 1 heterocycles. The first-order chi connectivity index (χ1) is 27.2. The van der Waals surface area contributed by atoms with Crippen LogP contribution in [0.15, 0.2) is 186 Å². The number of para-hydroxylation sites is 1. The van der Waals surface area contributed by atoms with Crippen molar-refractivity contribution in [1.29, 1.82) is 0 Å². The minimum atomic E-state index is -0.471. The molecule has 1 heteroatoms. The van der Waals surface area contributed by atoms with E-state index in [0.717, 1.165) is 76.9 Å². The molecule has 1 aromatic heterocycles. The van der Waals surface area contributed by atoms with E-state index in [2.05, 4.69) is 54.6 Å². The summed E-state index contributed by atoms with van der Waals surface area (Å²) in [4.78, 5) is 0. The van der Waals surface area contributed by atoms with Gasteiger partial charge in [-0.15, -0.1) is 0 Å². The number of benzene rings is 9. The average molecular weight is 630 g/mol. The van der Waals surface area contributed by atoms with E-state index in [1.54, 1.807) is 0 Å². The smallest absolute Gasteiger partial charge is 0.136 e. The average Bonchev–Trinajstić information content (AvgIpc) is 3.62. The molecule has 0 saturated heterocycles. The Labute approximate surface area is 294 Å². The maximum Gasteiger partial charge on any atom is 0.136 e. The van der Waals surface area contributed by atoms with Crippen molar-refractivity contribution in [3.63, 3.8) is 0 Å². The van der Waals surface area contributed by atoms with E-state index >= 15 is 0 Å². The third-order valence-electron chi connectivity index (χ3n) is 9.56.